The minimum absolute atomic E-state index is 0.574. The molecule has 0 bridgehead atoms. The van der Waals surface area contributed by atoms with E-state index in [0.29, 0.717) is 6.04 Å². The smallest absolute Gasteiger partial charge is 0.178 e. The highest BCUT2D eigenvalue weighted by molar-refractivity contribution is 7.71. The molecule has 84 valence electrons. The van der Waals surface area contributed by atoms with Crippen molar-refractivity contribution in [2.45, 2.75) is 25.8 Å². The molecular weight excluding hydrogens is 240 g/mol. The Kier molecular flexibility index (Phi) is 2.33. The topological polar surface area (TPSA) is 20.7 Å². The molecular formula is C12H13ClN2S. The fourth-order valence-electron chi connectivity index (χ4n) is 2.43. The van der Waals surface area contributed by atoms with Crippen molar-refractivity contribution in [2.75, 3.05) is 0 Å². The van der Waals surface area contributed by atoms with Crippen LogP contribution in [0, 0.1) is 10.7 Å². The van der Waals surface area contributed by atoms with Gasteiger partial charge in [-0.15, -0.1) is 0 Å². The number of nitrogens with one attached hydrogen (secondary N) is 1. The van der Waals surface area contributed by atoms with E-state index in [1.165, 1.54) is 12.8 Å². The zero-order valence-electron chi connectivity index (χ0n) is 9.03. The van der Waals surface area contributed by atoms with Gasteiger partial charge in [-0.25, -0.2) is 0 Å². The van der Waals surface area contributed by atoms with Gasteiger partial charge in [-0.1, -0.05) is 31.0 Å². The van der Waals surface area contributed by atoms with Crippen LogP contribution in [0.15, 0.2) is 18.2 Å². The summed E-state index contributed by atoms with van der Waals surface area (Å²) in [5, 5.41) is 0.746. The van der Waals surface area contributed by atoms with Crippen LogP contribution in [0.1, 0.15) is 25.8 Å². The largest absolute Gasteiger partial charge is 0.329 e. The number of rotatable bonds is 2. The lowest BCUT2D eigenvalue weighted by Crippen LogP contribution is -1.95. The number of para-hydroxylation sites is 1. The van der Waals surface area contributed by atoms with Gasteiger partial charge in [0.1, 0.15) is 0 Å². The summed E-state index contributed by atoms with van der Waals surface area (Å²) in [4.78, 5) is 3.21. The first kappa shape index (κ1) is 10.4. The van der Waals surface area contributed by atoms with Gasteiger partial charge >= 0.3 is 0 Å². The first-order valence-corrected chi connectivity index (χ1v) is 6.39. The minimum Gasteiger partial charge on any atom is -0.329 e. The van der Waals surface area contributed by atoms with E-state index in [0.717, 1.165) is 26.7 Å². The summed E-state index contributed by atoms with van der Waals surface area (Å²) in [7, 11) is 0. The Labute approximate surface area is 104 Å². The van der Waals surface area contributed by atoms with E-state index in [-0.39, 0.29) is 0 Å². The average molecular weight is 253 g/mol. The number of imidazole rings is 1. The molecule has 0 spiro atoms. The highest BCUT2D eigenvalue weighted by Crippen LogP contribution is 2.47. The van der Waals surface area contributed by atoms with Gasteiger partial charge in [0.05, 0.1) is 16.1 Å². The van der Waals surface area contributed by atoms with E-state index in [9.17, 15) is 0 Å². The minimum atomic E-state index is 0.574. The number of halogens is 1. The van der Waals surface area contributed by atoms with Gasteiger partial charge in [-0.2, -0.15) is 0 Å². The van der Waals surface area contributed by atoms with Crippen molar-refractivity contribution in [1.29, 1.82) is 0 Å². The molecule has 1 fully saturated rings. The molecule has 1 saturated carbocycles. The third-order valence-corrected chi connectivity index (χ3v) is 4.06. The van der Waals surface area contributed by atoms with Crippen LogP contribution in [0.2, 0.25) is 5.02 Å². The maximum Gasteiger partial charge on any atom is 0.178 e. The van der Waals surface area contributed by atoms with Crippen LogP contribution in [-0.4, -0.2) is 9.55 Å². The van der Waals surface area contributed by atoms with Crippen LogP contribution in [0.5, 0.6) is 0 Å². The summed E-state index contributed by atoms with van der Waals surface area (Å²) in [6.45, 7) is 2.23. The highest BCUT2D eigenvalue weighted by Gasteiger charge is 2.38. The second kappa shape index (κ2) is 3.60. The lowest BCUT2D eigenvalue weighted by molar-refractivity contribution is 0.648. The molecule has 0 saturated heterocycles. The number of aromatic amines is 1. The van der Waals surface area contributed by atoms with Crippen molar-refractivity contribution >= 4 is 34.9 Å². The zero-order valence-corrected chi connectivity index (χ0v) is 10.6. The molecule has 2 nitrogen and oxygen atoms in total. The third-order valence-electron chi connectivity index (χ3n) is 3.44. The van der Waals surface area contributed by atoms with Crippen molar-refractivity contribution in [1.82, 2.24) is 9.55 Å². The first-order valence-electron chi connectivity index (χ1n) is 5.61. The summed E-state index contributed by atoms with van der Waals surface area (Å²) in [5.41, 5.74) is 2.11. The number of fused-ring (bicyclic) bond motifs is 1. The Balaban J connectivity index is 2.21. The van der Waals surface area contributed by atoms with Crippen LogP contribution >= 0.6 is 23.8 Å². The van der Waals surface area contributed by atoms with Crippen molar-refractivity contribution in [3.8, 4) is 0 Å². The first-order chi connectivity index (χ1) is 7.72. The summed E-state index contributed by atoms with van der Waals surface area (Å²) in [5.74, 6) is 0.782. The van der Waals surface area contributed by atoms with Crippen LogP contribution in [-0.2, 0) is 0 Å². The predicted octanol–water partition coefficient (Wildman–Crippen LogP) is 4.32. The van der Waals surface area contributed by atoms with E-state index in [4.69, 9.17) is 23.8 Å². The van der Waals surface area contributed by atoms with Crippen LogP contribution < -0.4 is 0 Å². The van der Waals surface area contributed by atoms with Crippen molar-refractivity contribution in [2.24, 2.45) is 5.92 Å². The Morgan fingerprint density at radius 2 is 2.38 bits per heavy atom. The molecule has 1 N–H and O–H groups in total. The lowest BCUT2D eigenvalue weighted by atomic mass is 10.3. The zero-order chi connectivity index (χ0) is 11.3. The molecule has 1 aromatic heterocycles. The Morgan fingerprint density at radius 1 is 1.56 bits per heavy atom. The van der Waals surface area contributed by atoms with E-state index < -0.39 is 0 Å². The number of benzene rings is 1. The van der Waals surface area contributed by atoms with Crippen molar-refractivity contribution < 1.29 is 0 Å². The molecule has 16 heavy (non-hydrogen) atoms. The number of aromatic nitrogens is 2. The number of H-pyrrole nitrogens is 1. The highest BCUT2D eigenvalue weighted by atomic mass is 35.5. The monoisotopic (exact) mass is 252 g/mol. The van der Waals surface area contributed by atoms with E-state index in [1.807, 2.05) is 12.1 Å². The number of hydrogen-bond acceptors (Lipinski definition) is 1. The second-order valence-electron chi connectivity index (χ2n) is 4.41. The van der Waals surface area contributed by atoms with Crippen LogP contribution in [0.4, 0.5) is 0 Å². The molecule has 0 aliphatic heterocycles. The Bertz CT molecular complexity index is 599. The molecule has 1 aliphatic rings. The summed E-state index contributed by atoms with van der Waals surface area (Å²) < 4.78 is 3.02. The predicted molar refractivity (Wildman–Crippen MR) is 69.6 cm³/mol. The van der Waals surface area contributed by atoms with Crippen molar-refractivity contribution in [3.63, 3.8) is 0 Å². The summed E-state index contributed by atoms with van der Waals surface area (Å²) >= 11 is 11.5. The molecule has 3 rings (SSSR count). The fraction of sp³-hybridized carbons (Fsp3) is 0.417. The van der Waals surface area contributed by atoms with Crippen LogP contribution in [0.3, 0.4) is 0 Å². The van der Waals surface area contributed by atoms with Gasteiger partial charge in [-0.05, 0) is 36.7 Å². The van der Waals surface area contributed by atoms with Crippen LogP contribution in [0.25, 0.3) is 11.0 Å². The molecule has 0 radical (unpaired) electrons. The van der Waals surface area contributed by atoms with Gasteiger partial charge in [-0.3, -0.25) is 0 Å². The summed E-state index contributed by atoms with van der Waals surface area (Å²) in [6.07, 6.45) is 2.46. The van der Waals surface area contributed by atoms with Gasteiger partial charge < -0.3 is 9.55 Å². The van der Waals surface area contributed by atoms with Gasteiger partial charge in [0.25, 0.3) is 0 Å². The molecule has 4 heteroatoms. The Morgan fingerprint density at radius 3 is 3.06 bits per heavy atom. The average Bonchev–Trinajstić information content (AvgIpc) is 2.95. The molecule has 2 atom stereocenters. The van der Waals surface area contributed by atoms with E-state index >= 15 is 0 Å². The molecule has 1 aliphatic carbocycles. The summed E-state index contributed by atoms with van der Waals surface area (Å²) in [6, 6.07) is 6.53. The number of nitrogens with zero attached hydrogens (tertiary/aromatic N) is 1. The third kappa shape index (κ3) is 1.42. The van der Waals surface area contributed by atoms with E-state index in [2.05, 4.69) is 22.5 Å². The normalized spacial score (nSPS) is 23.9. The lowest BCUT2D eigenvalue weighted by Gasteiger charge is -2.02. The molecule has 0 amide bonds. The SMILES string of the molecule is CCC1CC1n1c(=S)[nH]c2c(Cl)cccc21. The standard InChI is InChI=1S/C12H13ClN2S/c1-2-7-6-10(7)15-9-5-3-4-8(13)11(9)14-12(15)16/h3-5,7,10H,2,6H2,1H3,(H,14,16). The maximum atomic E-state index is 6.15. The van der Waals surface area contributed by atoms with Gasteiger partial charge in [0.15, 0.2) is 4.77 Å². The second-order valence-corrected chi connectivity index (χ2v) is 5.20. The molecule has 1 aromatic carbocycles. The molecule has 2 aromatic rings. The van der Waals surface area contributed by atoms with Gasteiger partial charge in [0, 0.05) is 6.04 Å². The maximum absolute atomic E-state index is 6.15. The molecule has 1 heterocycles. The molecule has 2 unspecified atom stereocenters. The van der Waals surface area contributed by atoms with Gasteiger partial charge in [0.2, 0.25) is 0 Å². The van der Waals surface area contributed by atoms with Crippen molar-refractivity contribution in [3.05, 3.63) is 28.0 Å². The quantitative estimate of drug-likeness (QED) is 0.790. The number of hydrogen-bond donors (Lipinski definition) is 1. The Hall–Kier alpha value is -0.800. The van der Waals surface area contributed by atoms with E-state index in [1.54, 1.807) is 0 Å². The fourth-order valence-corrected chi connectivity index (χ4v) is 2.98.